The smallest absolute Gasteiger partial charge is 0.231 e. The number of fused-ring (bicyclic) bond motifs is 3. The molecule has 0 bridgehead atoms. The van der Waals surface area contributed by atoms with Gasteiger partial charge < -0.3 is 14.6 Å². The van der Waals surface area contributed by atoms with E-state index in [1.165, 1.54) is 22.2 Å². The van der Waals surface area contributed by atoms with Gasteiger partial charge in [-0.3, -0.25) is 4.79 Å². The number of rotatable bonds is 4. The number of H-pyrrole nitrogens is 1. The first-order chi connectivity index (χ1) is 12.1. The highest BCUT2D eigenvalue weighted by molar-refractivity contribution is 5.88. The Morgan fingerprint density at radius 1 is 1.36 bits per heavy atom. The summed E-state index contributed by atoms with van der Waals surface area (Å²) in [6, 6.07) is 8.62. The van der Waals surface area contributed by atoms with Crippen molar-refractivity contribution in [3.8, 4) is 0 Å². The summed E-state index contributed by atoms with van der Waals surface area (Å²) >= 11 is 0. The van der Waals surface area contributed by atoms with Crippen molar-refractivity contribution >= 4 is 16.8 Å². The molecule has 2 heterocycles. The lowest BCUT2D eigenvalue weighted by molar-refractivity contribution is -0.156. The van der Waals surface area contributed by atoms with Gasteiger partial charge in [-0.15, -0.1) is 0 Å². The SMILES string of the molecule is COCC1(C(=O)N2CCc3c([nH]c4ccccc34)[C@@H]2C(C)C)CCC1. The summed E-state index contributed by atoms with van der Waals surface area (Å²) in [6.45, 7) is 5.79. The molecule has 2 aliphatic rings. The largest absolute Gasteiger partial charge is 0.384 e. The molecule has 1 aromatic carbocycles. The number of amides is 1. The van der Waals surface area contributed by atoms with E-state index in [0.717, 1.165) is 32.2 Å². The molecule has 1 fully saturated rings. The van der Waals surface area contributed by atoms with Crippen LogP contribution >= 0.6 is 0 Å². The molecule has 1 aliphatic heterocycles. The third-order valence-electron chi connectivity index (χ3n) is 6.16. The summed E-state index contributed by atoms with van der Waals surface area (Å²) < 4.78 is 5.42. The molecule has 0 unspecified atom stereocenters. The Morgan fingerprint density at radius 3 is 2.76 bits per heavy atom. The molecule has 1 N–H and O–H groups in total. The van der Waals surface area contributed by atoms with Gasteiger partial charge in [0.05, 0.1) is 18.1 Å². The monoisotopic (exact) mass is 340 g/mol. The molecule has 134 valence electrons. The second kappa shape index (κ2) is 6.17. The van der Waals surface area contributed by atoms with Crippen molar-refractivity contribution in [2.75, 3.05) is 20.3 Å². The quantitative estimate of drug-likeness (QED) is 0.912. The van der Waals surface area contributed by atoms with E-state index in [-0.39, 0.29) is 11.5 Å². The normalized spacial score (nSPS) is 22.1. The molecule has 0 spiro atoms. The fourth-order valence-corrected chi connectivity index (χ4v) is 4.80. The molecule has 4 heteroatoms. The van der Waals surface area contributed by atoms with Gasteiger partial charge in [-0.25, -0.2) is 0 Å². The van der Waals surface area contributed by atoms with Gasteiger partial charge in [0.25, 0.3) is 0 Å². The molecule has 2 aromatic rings. The number of methoxy groups -OCH3 is 1. The number of nitrogens with zero attached hydrogens (tertiary/aromatic N) is 1. The van der Waals surface area contributed by atoms with Crippen LogP contribution in [0.2, 0.25) is 0 Å². The predicted octanol–water partition coefficient (Wildman–Crippen LogP) is 4.07. The molecule has 0 saturated heterocycles. The Bertz CT molecular complexity index is 788. The average Bonchev–Trinajstić information content (AvgIpc) is 2.95. The Morgan fingerprint density at radius 2 is 2.12 bits per heavy atom. The highest BCUT2D eigenvalue weighted by Crippen LogP contribution is 2.46. The molecule has 25 heavy (non-hydrogen) atoms. The van der Waals surface area contributed by atoms with E-state index in [9.17, 15) is 4.79 Å². The summed E-state index contributed by atoms with van der Waals surface area (Å²) in [5.41, 5.74) is 3.53. The Kier molecular flexibility index (Phi) is 4.11. The second-order valence-corrected chi connectivity index (χ2v) is 8.07. The number of carbonyl (C=O) groups excluding carboxylic acids is 1. The fourth-order valence-electron chi connectivity index (χ4n) is 4.80. The molecule has 1 aromatic heterocycles. The number of hydrogen-bond acceptors (Lipinski definition) is 2. The standard InChI is InChI=1S/C21H28N2O2/c1-14(2)19-18-16(15-7-4-5-8-17(15)22-18)9-12-23(19)20(24)21(13-25-3)10-6-11-21/h4-5,7-8,14,19,22H,6,9-13H2,1-3H3/t19-/m0/s1. The molecule has 4 nitrogen and oxygen atoms in total. The minimum atomic E-state index is -0.286. The van der Waals surface area contributed by atoms with Crippen LogP contribution in [0.4, 0.5) is 0 Å². The minimum absolute atomic E-state index is 0.123. The van der Waals surface area contributed by atoms with E-state index in [0.29, 0.717) is 18.4 Å². The molecular weight excluding hydrogens is 312 g/mol. The molecule has 1 amide bonds. The van der Waals surface area contributed by atoms with E-state index in [1.54, 1.807) is 7.11 Å². The van der Waals surface area contributed by atoms with Gasteiger partial charge in [0.15, 0.2) is 0 Å². The van der Waals surface area contributed by atoms with E-state index in [2.05, 4.69) is 48.0 Å². The zero-order valence-electron chi connectivity index (χ0n) is 15.5. The first-order valence-electron chi connectivity index (χ1n) is 9.47. The lowest BCUT2D eigenvalue weighted by atomic mass is 9.67. The molecule has 1 aliphatic carbocycles. The number of hydrogen-bond donors (Lipinski definition) is 1. The van der Waals surface area contributed by atoms with Gasteiger partial charge in [0.2, 0.25) is 5.91 Å². The van der Waals surface area contributed by atoms with Crippen molar-refractivity contribution in [3.05, 3.63) is 35.5 Å². The van der Waals surface area contributed by atoms with Crippen molar-refractivity contribution in [2.24, 2.45) is 11.3 Å². The number of aromatic amines is 1. The van der Waals surface area contributed by atoms with Crippen LogP contribution in [0.5, 0.6) is 0 Å². The van der Waals surface area contributed by atoms with Crippen molar-refractivity contribution in [3.63, 3.8) is 0 Å². The van der Waals surface area contributed by atoms with Crippen LogP contribution in [0.3, 0.4) is 0 Å². The molecule has 1 atom stereocenters. The number of nitrogens with one attached hydrogen (secondary N) is 1. The lowest BCUT2D eigenvalue weighted by Crippen LogP contribution is -2.53. The van der Waals surface area contributed by atoms with Gasteiger partial charge in [-0.05, 0) is 36.8 Å². The van der Waals surface area contributed by atoms with Crippen LogP contribution in [0.25, 0.3) is 10.9 Å². The highest BCUT2D eigenvalue weighted by Gasteiger charge is 2.49. The zero-order valence-corrected chi connectivity index (χ0v) is 15.5. The van der Waals surface area contributed by atoms with Crippen LogP contribution in [-0.4, -0.2) is 36.1 Å². The van der Waals surface area contributed by atoms with Crippen molar-refractivity contribution in [1.82, 2.24) is 9.88 Å². The highest BCUT2D eigenvalue weighted by atomic mass is 16.5. The Balaban J connectivity index is 1.74. The second-order valence-electron chi connectivity index (χ2n) is 8.07. The summed E-state index contributed by atoms with van der Waals surface area (Å²) in [6.07, 6.45) is 3.98. The van der Waals surface area contributed by atoms with Gasteiger partial charge in [0, 0.05) is 30.3 Å². The first kappa shape index (κ1) is 16.6. The Labute approximate surface area is 149 Å². The fraction of sp³-hybridized carbons (Fsp3) is 0.571. The van der Waals surface area contributed by atoms with E-state index in [1.807, 2.05) is 0 Å². The van der Waals surface area contributed by atoms with E-state index in [4.69, 9.17) is 4.74 Å². The molecule has 4 rings (SSSR count). The van der Waals surface area contributed by atoms with E-state index >= 15 is 0 Å². The maximum Gasteiger partial charge on any atom is 0.231 e. The van der Waals surface area contributed by atoms with Gasteiger partial charge in [0.1, 0.15) is 0 Å². The van der Waals surface area contributed by atoms with Crippen LogP contribution in [0.15, 0.2) is 24.3 Å². The van der Waals surface area contributed by atoms with Crippen LogP contribution < -0.4 is 0 Å². The van der Waals surface area contributed by atoms with Crippen molar-refractivity contribution < 1.29 is 9.53 Å². The maximum atomic E-state index is 13.5. The molecule has 1 saturated carbocycles. The number of benzene rings is 1. The first-order valence-corrected chi connectivity index (χ1v) is 9.47. The predicted molar refractivity (Wildman–Crippen MR) is 99.5 cm³/mol. The van der Waals surface area contributed by atoms with Crippen molar-refractivity contribution in [1.29, 1.82) is 0 Å². The zero-order chi connectivity index (χ0) is 17.6. The van der Waals surface area contributed by atoms with Gasteiger partial charge in [-0.2, -0.15) is 0 Å². The third-order valence-corrected chi connectivity index (χ3v) is 6.16. The number of ether oxygens (including phenoxy) is 1. The summed E-state index contributed by atoms with van der Waals surface area (Å²) in [4.78, 5) is 19.2. The van der Waals surface area contributed by atoms with Crippen LogP contribution in [0, 0.1) is 11.3 Å². The summed E-state index contributed by atoms with van der Waals surface area (Å²) in [7, 11) is 1.71. The van der Waals surface area contributed by atoms with E-state index < -0.39 is 0 Å². The number of carbonyl (C=O) groups is 1. The number of aromatic nitrogens is 1. The van der Waals surface area contributed by atoms with Crippen LogP contribution in [-0.2, 0) is 16.0 Å². The van der Waals surface area contributed by atoms with Gasteiger partial charge in [-0.1, -0.05) is 38.5 Å². The average molecular weight is 340 g/mol. The van der Waals surface area contributed by atoms with Crippen LogP contribution in [0.1, 0.15) is 50.4 Å². The lowest BCUT2D eigenvalue weighted by Gasteiger charge is -2.47. The van der Waals surface area contributed by atoms with Crippen molar-refractivity contribution in [2.45, 2.75) is 45.6 Å². The topological polar surface area (TPSA) is 45.3 Å². The number of para-hydroxylation sites is 1. The molecular formula is C21H28N2O2. The summed E-state index contributed by atoms with van der Waals surface area (Å²) in [5.74, 6) is 0.666. The minimum Gasteiger partial charge on any atom is -0.384 e. The Hall–Kier alpha value is -1.81. The summed E-state index contributed by atoms with van der Waals surface area (Å²) in [5, 5.41) is 1.31. The van der Waals surface area contributed by atoms with Gasteiger partial charge >= 0.3 is 0 Å². The maximum absolute atomic E-state index is 13.5. The third kappa shape index (κ3) is 2.50. The molecule has 0 radical (unpaired) electrons.